The Kier molecular flexibility index (Phi) is 6.29. The fraction of sp³-hybridized carbons (Fsp3) is 0.333. The molecule has 2 amide bonds. The third kappa shape index (κ3) is 6.58. The first-order valence-electron chi connectivity index (χ1n) is 6.53. The maximum Gasteiger partial charge on any atom is 0.328 e. The fourth-order valence-electron chi connectivity index (χ4n) is 1.49. The largest absolute Gasteiger partial charge is 0.478 e. The molecule has 0 saturated heterocycles. The van der Waals surface area contributed by atoms with Crippen molar-refractivity contribution in [2.24, 2.45) is 5.92 Å². The zero-order chi connectivity index (χ0) is 15.0. The number of carbonyl (C=O) groups is 2. The molecule has 20 heavy (non-hydrogen) atoms. The quantitative estimate of drug-likeness (QED) is 0.699. The molecule has 0 aromatic heterocycles. The van der Waals surface area contributed by atoms with Crippen molar-refractivity contribution in [3.63, 3.8) is 0 Å². The minimum Gasteiger partial charge on any atom is -0.478 e. The predicted molar refractivity (Wildman–Crippen MR) is 79.6 cm³/mol. The van der Waals surface area contributed by atoms with Crippen LogP contribution in [-0.2, 0) is 4.79 Å². The van der Waals surface area contributed by atoms with E-state index in [1.165, 1.54) is 6.08 Å². The van der Waals surface area contributed by atoms with Gasteiger partial charge in [0, 0.05) is 18.3 Å². The molecule has 0 heterocycles. The Balaban J connectivity index is 2.44. The summed E-state index contributed by atoms with van der Waals surface area (Å²) in [7, 11) is 0. The molecule has 0 fully saturated rings. The van der Waals surface area contributed by atoms with Crippen molar-refractivity contribution in [3.8, 4) is 0 Å². The van der Waals surface area contributed by atoms with Crippen molar-refractivity contribution in [2.75, 3.05) is 11.9 Å². The van der Waals surface area contributed by atoms with Gasteiger partial charge in [0.25, 0.3) is 0 Å². The first-order valence-corrected chi connectivity index (χ1v) is 6.53. The molecule has 0 atom stereocenters. The highest BCUT2D eigenvalue weighted by molar-refractivity contribution is 5.89. The first kappa shape index (κ1) is 15.8. The molecule has 5 nitrogen and oxygen atoms in total. The molecule has 0 aliphatic carbocycles. The Morgan fingerprint density at radius 1 is 1.25 bits per heavy atom. The van der Waals surface area contributed by atoms with Crippen molar-refractivity contribution < 1.29 is 14.7 Å². The number of hydrogen-bond acceptors (Lipinski definition) is 2. The summed E-state index contributed by atoms with van der Waals surface area (Å²) in [6, 6.07) is 6.69. The van der Waals surface area contributed by atoms with Crippen LogP contribution in [-0.4, -0.2) is 23.7 Å². The molecule has 0 unspecified atom stereocenters. The number of anilines is 1. The van der Waals surface area contributed by atoms with Gasteiger partial charge in [-0.3, -0.25) is 0 Å². The summed E-state index contributed by atoms with van der Waals surface area (Å²) in [6.07, 6.45) is 3.50. The lowest BCUT2D eigenvalue weighted by atomic mass is 10.1. The van der Waals surface area contributed by atoms with E-state index < -0.39 is 5.97 Å². The summed E-state index contributed by atoms with van der Waals surface area (Å²) in [5.41, 5.74) is 1.43. The standard InChI is InChI=1S/C15H20N2O3/c1-11(2)9-10-16-15(20)17-13-6-3-12(4-7-13)5-8-14(18)19/h3-8,11H,9-10H2,1-2H3,(H,18,19)(H2,16,17,20)/b8-5+. The summed E-state index contributed by atoms with van der Waals surface area (Å²) in [6.45, 7) is 4.84. The molecule has 0 bridgehead atoms. The van der Waals surface area contributed by atoms with Gasteiger partial charge in [0.2, 0.25) is 0 Å². The summed E-state index contributed by atoms with van der Waals surface area (Å²) in [5.74, 6) is -0.438. The normalized spacial score (nSPS) is 10.8. The minimum atomic E-state index is -0.989. The first-order chi connectivity index (χ1) is 9.47. The molecular formula is C15H20N2O3. The Morgan fingerprint density at radius 3 is 2.45 bits per heavy atom. The molecule has 0 aliphatic heterocycles. The van der Waals surface area contributed by atoms with Crippen molar-refractivity contribution in [1.82, 2.24) is 5.32 Å². The number of carboxylic acids is 1. The van der Waals surface area contributed by atoms with Crippen LogP contribution in [0.15, 0.2) is 30.3 Å². The summed E-state index contributed by atoms with van der Waals surface area (Å²) in [4.78, 5) is 22.0. The van der Waals surface area contributed by atoms with E-state index in [0.717, 1.165) is 18.1 Å². The fourth-order valence-corrected chi connectivity index (χ4v) is 1.49. The van der Waals surface area contributed by atoms with Crippen molar-refractivity contribution >= 4 is 23.8 Å². The van der Waals surface area contributed by atoms with Crippen molar-refractivity contribution in [1.29, 1.82) is 0 Å². The average Bonchev–Trinajstić information content (AvgIpc) is 2.37. The SMILES string of the molecule is CC(C)CCNC(=O)Nc1ccc(/C=C/C(=O)O)cc1. The van der Waals surface area contributed by atoms with Gasteiger partial charge in [0.15, 0.2) is 0 Å². The molecule has 0 radical (unpaired) electrons. The predicted octanol–water partition coefficient (Wildman–Crippen LogP) is 2.95. The molecular weight excluding hydrogens is 256 g/mol. The number of carbonyl (C=O) groups excluding carboxylic acids is 1. The van der Waals surface area contributed by atoms with Gasteiger partial charge in [-0.05, 0) is 36.1 Å². The van der Waals surface area contributed by atoms with Gasteiger partial charge in [0.1, 0.15) is 0 Å². The van der Waals surface area contributed by atoms with Gasteiger partial charge in [-0.1, -0.05) is 26.0 Å². The zero-order valence-electron chi connectivity index (χ0n) is 11.7. The van der Waals surface area contributed by atoms with Crippen LogP contribution in [0.4, 0.5) is 10.5 Å². The lowest BCUT2D eigenvalue weighted by Crippen LogP contribution is -2.30. The van der Waals surface area contributed by atoms with Gasteiger partial charge >= 0.3 is 12.0 Å². The Bertz CT molecular complexity index is 478. The van der Waals surface area contributed by atoms with Crippen LogP contribution >= 0.6 is 0 Å². The monoisotopic (exact) mass is 276 g/mol. The molecule has 108 valence electrons. The van der Waals surface area contributed by atoms with E-state index in [9.17, 15) is 9.59 Å². The van der Waals surface area contributed by atoms with Crippen molar-refractivity contribution in [3.05, 3.63) is 35.9 Å². The molecule has 0 aliphatic rings. The number of carboxylic acid groups (broad SMARTS) is 1. The highest BCUT2D eigenvalue weighted by atomic mass is 16.4. The average molecular weight is 276 g/mol. The number of benzene rings is 1. The molecule has 3 N–H and O–H groups in total. The van der Waals surface area contributed by atoms with Gasteiger partial charge in [-0.2, -0.15) is 0 Å². The second-order valence-corrected chi connectivity index (χ2v) is 4.86. The number of amides is 2. The summed E-state index contributed by atoms with van der Waals surface area (Å²) < 4.78 is 0. The number of urea groups is 1. The number of rotatable bonds is 6. The Hall–Kier alpha value is -2.30. The second-order valence-electron chi connectivity index (χ2n) is 4.86. The number of aliphatic carboxylic acids is 1. The molecule has 0 saturated carbocycles. The van der Waals surface area contributed by atoms with E-state index in [4.69, 9.17) is 5.11 Å². The van der Waals surface area contributed by atoms with Crippen LogP contribution in [0, 0.1) is 5.92 Å². The molecule has 1 aromatic rings. The molecule has 1 rings (SSSR count). The van der Waals surface area contributed by atoms with E-state index in [1.807, 2.05) is 0 Å². The maximum absolute atomic E-state index is 11.6. The Labute approximate surface area is 118 Å². The highest BCUT2D eigenvalue weighted by Gasteiger charge is 2.01. The molecule has 1 aromatic carbocycles. The van der Waals surface area contributed by atoms with E-state index in [2.05, 4.69) is 24.5 Å². The summed E-state index contributed by atoms with van der Waals surface area (Å²) in [5, 5.41) is 14.0. The van der Waals surface area contributed by atoms with Crippen LogP contribution in [0.25, 0.3) is 6.08 Å². The van der Waals surface area contributed by atoms with Crippen LogP contribution in [0.3, 0.4) is 0 Å². The highest BCUT2D eigenvalue weighted by Crippen LogP contribution is 2.10. The van der Waals surface area contributed by atoms with Crippen LogP contribution < -0.4 is 10.6 Å². The van der Waals surface area contributed by atoms with Gasteiger partial charge in [-0.25, -0.2) is 9.59 Å². The maximum atomic E-state index is 11.6. The van der Waals surface area contributed by atoms with Gasteiger partial charge in [-0.15, -0.1) is 0 Å². The molecule has 5 heteroatoms. The van der Waals surface area contributed by atoms with E-state index >= 15 is 0 Å². The van der Waals surface area contributed by atoms with E-state index in [1.54, 1.807) is 24.3 Å². The van der Waals surface area contributed by atoms with E-state index in [-0.39, 0.29) is 6.03 Å². The number of hydrogen-bond donors (Lipinski definition) is 3. The zero-order valence-corrected chi connectivity index (χ0v) is 11.7. The lowest BCUT2D eigenvalue weighted by molar-refractivity contribution is -0.131. The Morgan fingerprint density at radius 2 is 1.90 bits per heavy atom. The minimum absolute atomic E-state index is 0.237. The van der Waals surface area contributed by atoms with Crippen LogP contribution in [0.2, 0.25) is 0 Å². The topological polar surface area (TPSA) is 78.4 Å². The second kappa shape index (κ2) is 7.99. The van der Waals surface area contributed by atoms with E-state index in [0.29, 0.717) is 18.2 Å². The smallest absolute Gasteiger partial charge is 0.328 e. The third-order valence-electron chi connectivity index (χ3n) is 2.59. The van der Waals surface area contributed by atoms with Gasteiger partial charge < -0.3 is 15.7 Å². The number of nitrogens with one attached hydrogen (secondary N) is 2. The van der Waals surface area contributed by atoms with Crippen molar-refractivity contribution in [2.45, 2.75) is 20.3 Å². The van der Waals surface area contributed by atoms with Crippen LogP contribution in [0.5, 0.6) is 0 Å². The molecule has 0 spiro atoms. The van der Waals surface area contributed by atoms with Gasteiger partial charge in [0.05, 0.1) is 0 Å². The summed E-state index contributed by atoms with van der Waals surface area (Å²) >= 11 is 0. The third-order valence-corrected chi connectivity index (χ3v) is 2.59. The van der Waals surface area contributed by atoms with Crippen LogP contribution in [0.1, 0.15) is 25.8 Å². The lowest BCUT2D eigenvalue weighted by Gasteiger charge is -2.09.